The topological polar surface area (TPSA) is 35.5 Å². The lowest BCUT2D eigenvalue weighted by atomic mass is 9.68. The Morgan fingerprint density at radius 2 is 2.00 bits per heavy atom. The average molecular weight is 198 g/mol. The normalized spacial score (nSPS) is 32.7. The highest BCUT2D eigenvalue weighted by Gasteiger charge is 2.49. The largest absolute Gasteiger partial charge is 0.381 e. The molecule has 0 N–H and O–H groups in total. The molecule has 1 aliphatic carbocycles. The van der Waals surface area contributed by atoms with E-state index < -0.39 is 0 Å². The molecule has 1 saturated heterocycles. The lowest BCUT2D eigenvalue weighted by Gasteiger charge is -2.44. The average Bonchev–Trinajstić information content (AvgIpc) is 2.19. The van der Waals surface area contributed by atoms with Crippen LogP contribution in [0, 0.1) is 5.41 Å². The Bertz CT molecular complexity index is 229. The summed E-state index contributed by atoms with van der Waals surface area (Å²) in [6, 6.07) is 0. The van der Waals surface area contributed by atoms with Crippen LogP contribution in [0.1, 0.15) is 33.1 Å². The number of Topliss-reactive ketones (excluding diaryl/α,β-unsaturated/α-hetero) is 1. The van der Waals surface area contributed by atoms with Crippen molar-refractivity contribution < 1.29 is 14.3 Å². The first-order valence-electron chi connectivity index (χ1n) is 5.37. The van der Waals surface area contributed by atoms with Crippen molar-refractivity contribution in [2.24, 2.45) is 5.41 Å². The van der Waals surface area contributed by atoms with Gasteiger partial charge in [0.15, 0.2) is 0 Å². The summed E-state index contributed by atoms with van der Waals surface area (Å²) < 4.78 is 11.2. The summed E-state index contributed by atoms with van der Waals surface area (Å²) in [6.07, 6.45) is 2.99. The SMILES string of the molecule is CC1(C)C(=O)CC1OC1CCOCC1. The molecule has 2 fully saturated rings. The maximum Gasteiger partial charge on any atom is 0.143 e. The van der Waals surface area contributed by atoms with E-state index in [4.69, 9.17) is 9.47 Å². The summed E-state index contributed by atoms with van der Waals surface area (Å²) in [6.45, 7) is 5.54. The minimum atomic E-state index is -0.252. The van der Waals surface area contributed by atoms with Crippen LogP contribution in [0.15, 0.2) is 0 Å². The highest BCUT2D eigenvalue weighted by atomic mass is 16.5. The monoisotopic (exact) mass is 198 g/mol. The fourth-order valence-electron chi connectivity index (χ4n) is 2.00. The Morgan fingerprint density at radius 3 is 2.50 bits per heavy atom. The fourth-order valence-corrected chi connectivity index (χ4v) is 2.00. The molecule has 3 heteroatoms. The summed E-state index contributed by atoms with van der Waals surface area (Å²) >= 11 is 0. The first-order valence-corrected chi connectivity index (χ1v) is 5.37. The van der Waals surface area contributed by atoms with Gasteiger partial charge in [0.25, 0.3) is 0 Å². The Morgan fingerprint density at radius 1 is 1.36 bits per heavy atom. The van der Waals surface area contributed by atoms with Gasteiger partial charge < -0.3 is 9.47 Å². The molecule has 1 saturated carbocycles. The smallest absolute Gasteiger partial charge is 0.143 e. The second-order valence-corrected chi connectivity index (χ2v) is 4.79. The van der Waals surface area contributed by atoms with E-state index >= 15 is 0 Å². The van der Waals surface area contributed by atoms with E-state index in [-0.39, 0.29) is 11.5 Å². The highest BCUT2D eigenvalue weighted by molar-refractivity contribution is 5.91. The number of ketones is 1. The van der Waals surface area contributed by atoms with Gasteiger partial charge >= 0.3 is 0 Å². The Balaban J connectivity index is 1.83. The standard InChI is InChI=1S/C11H18O3/c1-11(2)9(12)7-10(11)14-8-3-5-13-6-4-8/h8,10H,3-7H2,1-2H3. The van der Waals surface area contributed by atoms with Crippen molar-refractivity contribution in [2.75, 3.05) is 13.2 Å². The molecule has 3 nitrogen and oxygen atoms in total. The molecule has 1 unspecified atom stereocenters. The van der Waals surface area contributed by atoms with Crippen molar-refractivity contribution in [1.82, 2.24) is 0 Å². The number of ether oxygens (including phenoxy) is 2. The quantitative estimate of drug-likeness (QED) is 0.675. The lowest BCUT2D eigenvalue weighted by Crippen LogP contribution is -2.53. The first-order chi connectivity index (χ1) is 6.60. The van der Waals surface area contributed by atoms with E-state index in [1.807, 2.05) is 13.8 Å². The van der Waals surface area contributed by atoms with Crippen LogP contribution in [0.25, 0.3) is 0 Å². The second kappa shape index (κ2) is 3.63. The summed E-state index contributed by atoms with van der Waals surface area (Å²) in [4.78, 5) is 11.3. The summed E-state index contributed by atoms with van der Waals surface area (Å²) in [5.74, 6) is 0.328. The van der Waals surface area contributed by atoms with E-state index in [0.717, 1.165) is 26.1 Å². The van der Waals surface area contributed by atoms with Crippen molar-refractivity contribution in [3.8, 4) is 0 Å². The summed E-state index contributed by atoms with van der Waals surface area (Å²) in [7, 11) is 0. The highest BCUT2D eigenvalue weighted by Crippen LogP contribution is 2.40. The zero-order chi connectivity index (χ0) is 10.2. The molecule has 1 aliphatic heterocycles. The van der Waals surface area contributed by atoms with Gasteiger partial charge in [0, 0.05) is 19.6 Å². The van der Waals surface area contributed by atoms with Crippen molar-refractivity contribution in [2.45, 2.75) is 45.3 Å². The van der Waals surface area contributed by atoms with E-state index in [1.165, 1.54) is 0 Å². The van der Waals surface area contributed by atoms with Gasteiger partial charge in [0.05, 0.1) is 17.6 Å². The van der Waals surface area contributed by atoms with Gasteiger partial charge in [-0.25, -0.2) is 0 Å². The molecule has 2 rings (SSSR count). The molecule has 0 bridgehead atoms. The lowest BCUT2D eigenvalue weighted by molar-refractivity contribution is -0.172. The molecular formula is C11H18O3. The third-order valence-electron chi connectivity index (χ3n) is 3.42. The van der Waals surface area contributed by atoms with Crippen LogP contribution in [0.2, 0.25) is 0 Å². The van der Waals surface area contributed by atoms with Crippen molar-refractivity contribution in [3.63, 3.8) is 0 Å². The van der Waals surface area contributed by atoms with Gasteiger partial charge in [-0.2, -0.15) is 0 Å². The second-order valence-electron chi connectivity index (χ2n) is 4.79. The molecule has 0 aromatic rings. The predicted octanol–water partition coefficient (Wildman–Crippen LogP) is 1.55. The molecule has 1 atom stereocenters. The molecular weight excluding hydrogens is 180 g/mol. The first kappa shape index (κ1) is 10.1. The van der Waals surface area contributed by atoms with E-state index in [9.17, 15) is 4.79 Å². The van der Waals surface area contributed by atoms with Gasteiger partial charge in [-0.15, -0.1) is 0 Å². The van der Waals surface area contributed by atoms with Crippen LogP contribution in [-0.4, -0.2) is 31.2 Å². The molecule has 0 radical (unpaired) electrons. The van der Waals surface area contributed by atoms with Gasteiger partial charge in [-0.05, 0) is 12.8 Å². The van der Waals surface area contributed by atoms with Gasteiger partial charge in [-0.3, -0.25) is 4.79 Å². The Labute approximate surface area is 84.8 Å². The number of hydrogen-bond acceptors (Lipinski definition) is 3. The van der Waals surface area contributed by atoms with Gasteiger partial charge in [-0.1, -0.05) is 13.8 Å². The van der Waals surface area contributed by atoms with E-state index in [0.29, 0.717) is 18.3 Å². The van der Waals surface area contributed by atoms with Gasteiger partial charge in [0.2, 0.25) is 0 Å². The predicted molar refractivity (Wildman–Crippen MR) is 52.1 cm³/mol. The number of rotatable bonds is 2. The molecule has 0 spiro atoms. The van der Waals surface area contributed by atoms with Crippen molar-refractivity contribution in [1.29, 1.82) is 0 Å². The van der Waals surface area contributed by atoms with Gasteiger partial charge in [0.1, 0.15) is 5.78 Å². The minimum Gasteiger partial charge on any atom is -0.381 e. The molecule has 2 aliphatic rings. The zero-order valence-electron chi connectivity index (χ0n) is 8.91. The number of carbonyl (C=O) groups is 1. The van der Waals surface area contributed by atoms with Crippen LogP contribution in [-0.2, 0) is 14.3 Å². The van der Waals surface area contributed by atoms with Crippen LogP contribution in [0.3, 0.4) is 0 Å². The number of hydrogen-bond donors (Lipinski definition) is 0. The zero-order valence-corrected chi connectivity index (χ0v) is 8.91. The van der Waals surface area contributed by atoms with Crippen LogP contribution in [0.5, 0.6) is 0 Å². The maximum atomic E-state index is 11.3. The van der Waals surface area contributed by atoms with Crippen molar-refractivity contribution in [3.05, 3.63) is 0 Å². The van der Waals surface area contributed by atoms with Crippen LogP contribution >= 0.6 is 0 Å². The molecule has 1 heterocycles. The van der Waals surface area contributed by atoms with Crippen LogP contribution in [0.4, 0.5) is 0 Å². The maximum absolute atomic E-state index is 11.3. The molecule has 0 aromatic carbocycles. The minimum absolute atomic E-state index is 0.137. The fraction of sp³-hybridized carbons (Fsp3) is 0.909. The summed E-state index contributed by atoms with van der Waals surface area (Å²) in [5, 5.41) is 0. The molecule has 14 heavy (non-hydrogen) atoms. The Hall–Kier alpha value is -0.410. The third-order valence-corrected chi connectivity index (χ3v) is 3.42. The van der Waals surface area contributed by atoms with E-state index in [1.54, 1.807) is 0 Å². The van der Waals surface area contributed by atoms with Crippen LogP contribution < -0.4 is 0 Å². The number of carbonyl (C=O) groups excluding carboxylic acids is 1. The van der Waals surface area contributed by atoms with Crippen molar-refractivity contribution >= 4 is 5.78 Å². The third kappa shape index (κ3) is 1.71. The van der Waals surface area contributed by atoms with E-state index in [2.05, 4.69) is 0 Å². The molecule has 80 valence electrons. The molecule has 0 aromatic heterocycles. The Kier molecular flexibility index (Phi) is 2.62. The molecule has 0 amide bonds. The summed E-state index contributed by atoms with van der Waals surface area (Å²) in [5.41, 5.74) is -0.252.